The van der Waals surface area contributed by atoms with Crippen molar-refractivity contribution in [1.82, 2.24) is 10.2 Å². The predicted molar refractivity (Wildman–Crippen MR) is 97.2 cm³/mol. The van der Waals surface area contributed by atoms with Gasteiger partial charge >= 0.3 is 0 Å². The number of hydrogen-bond donors (Lipinski definition) is 1. The second kappa shape index (κ2) is 8.70. The molecule has 1 aromatic rings. The number of amides is 1. The molecule has 1 N–H and O–H groups in total. The van der Waals surface area contributed by atoms with Crippen LogP contribution in [0.4, 0.5) is 0 Å². The average Bonchev–Trinajstić information content (AvgIpc) is 2.56. The van der Waals surface area contributed by atoms with Crippen molar-refractivity contribution in [2.75, 3.05) is 26.7 Å². The van der Waals surface area contributed by atoms with Crippen molar-refractivity contribution in [1.29, 1.82) is 0 Å². The van der Waals surface area contributed by atoms with Crippen LogP contribution in [0.2, 0.25) is 0 Å². The maximum absolute atomic E-state index is 12.7. The number of carbonyl (C=O) groups is 1. The number of rotatable bonds is 4. The highest BCUT2D eigenvalue weighted by Crippen LogP contribution is 2.34. The van der Waals surface area contributed by atoms with Crippen LogP contribution in [-0.4, -0.2) is 37.5 Å². The number of piperidine rings is 1. The Kier molecular flexibility index (Phi) is 6.91. The van der Waals surface area contributed by atoms with Crippen LogP contribution < -0.4 is 5.32 Å². The van der Waals surface area contributed by atoms with Crippen molar-refractivity contribution in [3.8, 4) is 0 Å². The summed E-state index contributed by atoms with van der Waals surface area (Å²) in [6, 6.07) is 8.70. The third kappa shape index (κ3) is 4.48. The Hall–Kier alpha value is -1.06. The van der Waals surface area contributed by atoms with E-state index in [4.69, 9.17) is 0 Å². The lowest BCUT2D eigenvalue weighted by atomic mass is 9.81. The van der Waals surface area contributed by atoms with Gasteiger partial charge in [0.1, 0.15) is 0 Å². The third-order valence-corrected chi connectivity index (χ3v) is 5.37. The van der Waals surface area contributed by atoms with E-state index in [1.165, 1.54) is 30.4 Å². The van der Waals surface area contributed by atoms with Crippen LogP contribution in [-0.2, 0) is 11.2 Å². The number of carbonyl (C=O) groups excluding carboxylic acids is 1. The van der Waals surface area contributed by atoms with Crippen LogP contribution in [0.15, 0.2) is 24.3 Å². The summed E-state index contributed by atoms with van der Waals surface area (Å²) in [6.45, 7) is 2.97. The minimum Gasteiger partial charge on any atom is -0.343 e. The van der Waals surface area contributed by atoms with Gasteiger partial charge in [-0.3, -0.25) is 4.79 Å². The molecule has 1 amide bonds. The quantitative estimate of drug-likeness (QED) is 0.914. The van der Waals surface area contributed by atoms with Crippen molar-refractivity contribution >= 4 is 18.3 Å². The maximum Gasteiger partial charge on any atom is 0.223 e. The number of benzene rings is 1. The van der Waals surface area contributed by atoms with Gasteiger partial charge in [0.2, 0.25) is 5.91 Å². The van der Waals surface area contributed by atoms with Gasteiger partial charge in [0.25, 0.3) is 0 Å². The van der Waals surface area contributed by atoms with E-state index in [0.29, 0.717) is 18.2 Å². The van der Waals surface area contributed by atoms with Crippen molar-refractivity contribution in [3.63, 3.8) is 0 Å². The van der Waals surface area contributed by atoms with Crippen molar-refractivity contribution in [2.45, 2.75) is 44.4 Å². The summed E-state index contributed by atoms with van der Waals surface area (Å²) in [5, 5.41) is 3.25. The Morgan fingerprint density at radius 2 is 1.96 bits per heavy atom. The summed E-state index contributed by atoms with van der Waals surface area (Å²) in [6.07, 6.45) is 6.56. The topological polar surface area (TPSA) is 32.3 Å². The molecule has 23 heavy (non-hydrogen) atoms. The van der Waals surface area contributed by atoms with Crippen LogP contribution in [0.25, 0.3) is 0 Å². The second-order valence-corrected chi connectivity index (χ2v) is 6.87. The first kappa shape index (κ1) is 18.3. The first-order valence-corrected chi connectivity index (χ1v) is 8.78. The van der Waals surface area contributed by atoms with Gasteiger partial charge in [-0.2, -0.15) is 0 Å². The number of likely N-dealkylation sites (tertiary alicyclic amines) is 1. The minimum absolute atomic E-state index is 0. The fraction of sp³-hybridized carbons (Fsp3) is 0.632. The molecule has 1 unspecified atom stereocenters. The number of nitrogens with zero attached hydrogens (tertiary/aromatic N) is 1. The summed E-state index contributed by atoms with van der Waals surface area (Å²) >= 11 is 0. The smallest absolute Gasteiger partial charge is 0.223 e. The molecule has 3 rings (SSSR count). The largest absolute Gasteiger partial charge is 0.343 e. The summed E-state index contributed by atoms with van der Waals surface area (Å²) in [5.41, 5.74) is 2.88. The van der Waals surface area contributed by atoms with Crippen LogP contribution >= 0.6 is 12.4 Å². The van der Waals surface area contributed by atoms with E-state index in [2.05, 4.69) is 34.5 Å². The van der Waals surface area contributed by atoms with Gasteiger partial charge in [-0.1, -0.05) is 24.3 Å². The maximum atomic E-state index is 12.7. The Bertz CT molecular complexity index is 512. The van der Waals surface area contributed by atoms with Crippen LogP contribution in [0.5, 0.6) is 0 Å². The lowest BCUT2D eigenvalue weighted by molar-refractivity contribution is -0.133. The number of halogens is 1. The molecule has 0 saturated carbocycles. The Balaban J connectivity index is 0.00000192. The monoisotopic (exact) mass is 336 g/mol. The van der Waals surface area contributed by atoms with E-state index in [-0.39, 0.29) is 12.4 Å². The molecule has 1 aliphatic heterocycles. The van der Waals surface area contributed by atoms with Gasteiger partial charge in [0.05, 0.1) is 0 Å². The molecule has 1 heterocycles. The molecule has 0 aromatic heterocycles. The highest BCUT2D eigenvalue weighted by molar-refractivity contribution is 5.85. The highest BCUT2D eigenvalue weighted by atomic mass is 35.5. The van der Waals surface area contributed by atoms with Gasteiger partial charge in [-0.05, 0) is 68.7 Å². The molecular weight excluding hydrogens is 308 g/mol. The highest BCUT2D eigenvalue weighted by Gasteiger charge is 2.27. The number of fused-ring (bicyclic) bond motifs is 1. The van der Waals surface area contributed by atoms with E-state index in [1.54, 1.807) is 0 Å². The van der Waals surface area contributed by atoms with E-state index in [1.807, 2.05) is 7.05 Å². The van der Waals surface area contributed by atoms with E-state index in [0.717, 1.165) is 38.4 Å². The van der Waals surface area contributed by atoms with E-state index < -0.39 is 0 Å². The first-order chi connectivity index (χ1) is 10.8. The van der Waals surface area contributed by atoms with Gasteiger partial charge < -0.3 is 10.2 Å². The van der Waals surface area contributed by atoms with Crippen LogP contribution in [0.3, 0.4) is 0 Å². The molecule has 0 spiro atoms. The Labute approximate surface area is 146 Å². The fourth-order valence-corrected chi connectivity index (χ4v) is 4.08. The summed E-state index contributed by atoms with van der Waals surface area (Å²) in [7, 11) is 2.01. The summed E-state index contributed by atoms with van der Waals surface area (Å²) in [5.74, 6) is 1.54. The van der Waals surface area contributed by atoms with E-state index >= 15 is 0 Å². The summed E-state index contributed by atoms with van der Waals surface area (Å²) in [4.78, 5) is 14.8. The van der Waals surface area contributed by atoms with Crippen LogP contribution in [0.1, 0.15) is 49.1 Å². The molecule has 128 valence electrons. The number of aryl methyl sites for hydroxylation is 1. The number of nitrogens with one attached hydrogen (secondary N) is 1. The molecule has 4 heteroatoms. The minimum atomic E-state index is 0. The predicted octanol–water partition coefficient (Wildman–Crippen LogP) is 3.38. The third-order valence-electron chi connectivity index (χ3n) is 5.37. The van der Waals surface area contributed by atoms with Gasteiger partial charge in [-0.15, -0.1) is 12.4 Å². The lowest BCUT2D eigenvalue weighted by Gasteiger charge is -2.34. The molecule has 1 fully saturated rings. The average molecular weight is 337 g/mol. The van der Waals surface area contributed by atoms with Crippen molar-refractivity contribution < 1.29 is 4.79 Å². The second-order valence-electron chi connectivity index (χ2n) is 6.87. The molecular formula is C19H29ClN2O. The SMILES string of the molecule is CNCC1CCN(C(=O)CC2CCCc3ccccc32)CC1.Cl. The molecule has 1 saturated heterocycles. The van der Waals surface area contributed by atoms with Crippen LogP contribution in [0, 0.1) is 5.92 Å². The molecule has 1 aliphatic carbocycles. The van der Waals surface area contributed by atoms with Gasteiger partial charge in [-0.25, -0.2) is 0 Å². The number of hydrogen-bond acceptors (Lipinski definition) is 2. The molecule has 0 radical (unpaired) electrons. The Morgan fingerprint density at radius 3 is 2.70 bits per heavy atom. The normalized spacial score (nSPS) is 21.4. The Morgan fingerprint density at radius 1 is 1.22 bits per heavy atom. The van der Waals surface area contributed by atoms with Gasteiger partial charge in [0, 0.05) is 19.5 Å². The lowest BCUT2D eigenvalue weighted by Crippen LogP contribution is -2.41. The molecule has 2 aliphatic rings. The zero-order chi connectivity index (χ0) is 15.4. The standard InChI is InChI=1S/C19H28N2O.ClH/c1-20-14-15-9-11-21(12-10-15)19(22)13-17-7-4-6-16-5-2-3-8-18(16)17;/h2-3,5,8,15,17,20H,4,6-7,9-14H2,1H3;1H. The molecule has 3 nitrogen and oxygen atoms in total. The molecule has 1 aromatic carbocycles. The summed E-state index contributed by atoms with van der Waals surface area (Å²) < 4.78 is 0. The molecule has 1 atom stereocenters. The zero-order valence-corrected chi connectivity index (χ0v) is 14.9. The van der Waals surface area contributed by atoms with Crippen molar-refractivity contribution in [3.05, 3.63) is 35.4 Å². The zero-order valence-electron chi connectivity index (χ0n) is 14.1. The van der Waals surface area contributed by atoms with Crippen molar-refractivity contribution in [2.24, 2.45) is 5.92 Å². The van der Waals surface area contributed by atoms with E-state index in [9.17, 15) is 4.79 Å². The molecule has 0 bridgehead atoms. The van der Waals surface area contributed by atoms with Gasteiger partial charge in [0.15, 0.2) is 0 Å². The first-order valence-electron chi connectivity index (χ1n) is 8.78. The fourth-order valence-electron chi connectivity index (χ4n) is 4.08.